The minimum Gasteiger partial charge on any atom is -0.493 e. The lowest BCUT2D eigenvalue weighted by Gasteiger charge is -2.18. The number of unbranched alkanes of at least 4 members (excludes halogenated alkanes) is 1. The third-order valence-corrected chi connectivity index (χ3v) is 2.64. The van der Waals surface area contributed by atoms with Crippen LogP contribution in [-0.2, 0) is 0 Å². The lowest BCUT2D eigenvalue weighted by molar-refractivity contribution is -0.384. The van der Waals surface area contributed by atoms with E-state index in [9.17, 15) is 15.2 Å². The molecule has 0 fully saturated rings. The predicted molar refractivity (Wildman–Crippen MR) is 78.3 cm³/mol. The average molecular weight is 282 g/mol. The second kappa shape index (κ2) is 7.09. The van der Waals surface area contributed by atoms with E-state index in [1.807, 2.05) is 0 Å². The first-order valence-corrected chi connectivity index (χ1v) is 6.71. The largest absolute Gasteiger partial charge is 0.493 e. The Kier molecular flexibility index (Phi) is 5.76. The standard InChI is InChI=1S/C14H22N2O4/c1-4-5-8-20-11-6-7-12(13(9-11)16(18)19)15-10-14(2,3)17/h6-7,9,15,17H,4-5,8,10H2,1-3H3. The summed E-state index contributed by atoms with van der Waals surface area (Å²) < 4.78 is 5.46. The first kappa shape index (κ1) is 16.2. The zero-order valence-corrected chi connectivity index (χ0v) is 12.2. The molecule has 1 aromatic carbocycles. The van der Waals surface area contributed by atoms with E-state index in [1.54, 1.807) is 26.0 Å². The maximum atomic E-state index is 11.1. The van der Waals surface area contributed by atoms with Crippen LogP contribution >= 0.6 is 0 Å². The summed E-state index contributed by atoms with van der Waals surface area (Å²) in [5, 5.41) is 23.6. The second-order valence-corrected chi connectivity index (χ2v) is 5.30. The number of anilines is 1. The van der Waals surface area contributed by atoms with E-state index >= 15 is 0 Å². The van der Waals surface area contributed by atoms with Gasteiger partial charge < -0.3 is 15.2 Å². The summed E-state index contributed by atoms with van der Waals surface area (Å²) in [6, 6.07) is 4.70. The van der Waals surface area contributed by atoms with Gasteiger partial charge in [-0.3, -0.25) is 10.1 Å². The third kappa shape index (κ3) is 5.44. The van der Waals surface area contributed by atoms with Crippen molar-refractivity contribution in [3.8, 4) is 5.75 Å². The van der Waals surface area contributed by atoms with Crippen LogP contribution in [0.5, 0.6) is 5.75 Å². The highest BCUT2D eigenvalue weighted by Crippen LogP contribution is 2.29. The molecule has 0 heterocycles. The molecule has 0 radical (unpaired) electrons. The van der Waals surface area contributed by atoms with Gasteiger partial charge in [-0.1, -0.05) is 13.3 Å². The van der Waals surface area contributed by atoms with Crippen LogP contribution in [0.3, 0.4) is 0 Å². The summed E-state index contributed by atoms with van der Waals surface area (Å²) in [5.41, 5.74) is -0.618. The summed E-state index contributed by atoms with van der Waals surface area (Å²) >= 11 is 0. The number of benzene rings is 1. The zero-order chi connectivity index (χ0) is 15.2. The number of nitro groups is 1. The smallest absolute Gasteiger partial charge is 0.296 e. The molecule has 0 aliphatic heterocycles. The molecule has 0 spiro atoms. The Morgan fingerprint density at radius 3 is 2.70 bits per heavy atom. The van der Waals surface area contributed by atoms with Crippen molar-refractivity contribution in [2.24, 2.45) is 0 Å². The van der Waals surface area contributed by atoms with Crippen molar-refractivity contribution in [3.05, 3.63) is 28.3 Å². The summed E-state index contributed by atoms with van der Waals surface area (Å²) in [6.07, 6.45) is 1.92. The number of nitro benzene ring substituents is 1. The highest BCUT2D eigenvalue weighted by Gasteiger charge is 2.18. The minimum atomic E-state index is -0.940. The number of rotatable bonds is 8. The van der Waals surface area contributed by atoms with Crippen molar-refractivity contribution >= 4 is 11.4 Å². The molecule has 0 aliphatic carbocycles. The van der Waals surface area contributed by atoms with Crippen molar-refractivity contribution in [3.63, 3.8) is 0 Å². The van der Waals surface area contributed by atoms with Gasteiger partial charge >= 0.3 is 0 Å². The predicted octanol–water partition coefficient (Wildman–Crippen LogP) is 2.96. The van der Waals surface area contributed by atoms with Gasteiger partial charge in [-0.05, 0) is 32.4 Å². The summed E-state index contributed by atoms with van der Waals surface area (Å²) in [7, 11) is 0. The molecule has 0 aromatic heterocycles. The lowest BCUT2D eigenvalue weighted by atomic mass is 10.1. The molecular formula is C14H22N2O4. The topological polar surface area (TPSA) is 84.6 Å². The molecule has 2 N–H and O–H groups in total. The fourth-order valence-electron chi connectivity index (χ4n) is 1.55. The molecule has 6 heteroatoms. The number of aliphatic hydroxyl groups is 1. The molecule has 0 saturated heterocycles. The number of hydrogen-bond donors (Lipinski definition) is 2. The van der Waals surface area contributed by atoms with E-state index < -0.39 is 10.5 Å². The molecule has 1 aromatic rings. The van der Waals surface area contributed by atoms with Gasteiger partial charge in [0.05, 0.1) is 23.2 Å². The Bertz CT molecular complexity index is 455. The van der Waals surface area contributed by atoms with E-state index in [0.29, 0.717) is 18.0 Å². The van der Waals surface area contributed by atoms with Gasteiger partial charge in [-0.25, -0.2) is 0 Å². The van der Waals surface area contributed by atoms with E-state index in [2.05, 4.69) is 12.2 Å². The Morgan fingerprint density at radius 1 is 1.45 bits per heavy atom. The van der Waals surface area contributed by atoms with Crippen molar-refractivity contribution in [2.45, 2.75) is 39.2 Å². The first-order valence-electron chi connectivity index (χ1n) is 6.71. The second-order valence-electron chi connectivity index (χ2n) is 5.30. The average Bonchev–Trinajstić information content (AvgIpc) is 2.36. The molecule has 1 rings (SSSR count). The number of hydrogen-bond acceptors (Lipinski definition) is 5. The SMILES string of the molecule is CCCCOc1ccc(NCC(C)(C)O)c([N+](=O)[O-])c1. The van der Waals surface area contributed by atoms with Crippen molar-refractivity contribution in [1.82, 2.24) is 0 Å². The van der Waals surface area contributed by atoms with Crippen LogP contribution in [-0.4, -0.2) is 28.8 Å². The van der Waals surface area contributed by atoms with Gasteiger partial charge in [0.2, 0.25) is 0 Å². The van der Waals surface area contributed by atoms with Crippen molar-refractivity contribution in [1.29, 1.82) is 0 Å². The third-order valence-electron chi connectivity index (χ3n) is 2.64. The fraction of sp³-hybridized carbons (Fsp3) is 0.571. The highest BCUT2D eigenvalue weighted by atomic mass is 16.6. The number of nitrogens with zero attached hydrogens (tertiary/aromatic N) is 1. The summed E-state index contributed by atoms with van der Waals surface area (Å²) in [4.78, 5) is 10.6. The van der Waals surface area contributed by atoms with E-state index in [0.717, 1.165) is 12.8 Å². The summed E-state index contributed by atoms with van der Waals surface area (Å²) in [6.45, 7) is 6.09. The van der Waals surface area contributed by atoms with E-state index in [-0.39, 0.29) is 12.2 Å². The van der Waals surface area contributed by atoms with Gasteiger partial charge in [0.25, 0.3) is 5.69 Å². The molecule has 6 nitrogen and oxygen atoms in total. The monoisotopic (exact) mass is 282 g/mol. The molecule has 0 unspecified atom stereocenters. The number of ether oxygens (including phenoxy) is 1. The maximum absolute atomic E-state index is 11.1. The van der Waals surface area contributed by atoms with E-state index in [1.165, 1.54) is 6.07 Å². The van der Waals surface area contributed by atoms with Gasteiger partial charge in [0, 0.05) is 6.54 Å². The van der Waals surface area contributed by atoms with Crippen LogP contribution in [0.2, 0.25) is 0 Å². The van der Waals surface area contributed by atoms with Crippen LogP contribution < -0.4 is 10.1 Å². The summed E-state index contributed by atoms with van der Waals surface area (Å²) in [5.74, 6) is 0.485. The molecule has 20 heavy (non-hydrogen) atoms. The van der Waals surface area contributed by atoms with Gasteiger partial charge in [-0.2, -0.15) is 0 Å². The molecule has 0 atom stereocenters. The maximum Gasteiger partial charge on any atom is 0.296 e. The van der Waals surface area contributed by atoms with Gasteiger partial charge in [0.1, 0.15) is 11.4 Å². The van der Waals surface area contributed by atoms with Crippen LogP contribution in [0.1, 0.15) is 33.6 Å². The van der Waals surface area contributed by atoms with Crippen LogP contribution in [0, 0.1) is 10.1 Å². The lowest BCUT2D eigenvalue weighted by Crippen LogP contribution is -2.29. The Hall–Kier alpha value is -1.82. The van der Waals surface area contributed by atoms with Crippen LogP contribution in [0.15, 0.2) is 18.2 Å². The first-order chi connectivity index (χ1) is 9.33. The van der Waals surface area contributed by atoms with Crippen molar-refractivity contribution < 1.29 is 14.8 Å². The van der Waals surface area contributed by atoms with Crippen LogP contribution in [0.4, 0.5) is 11.4 Å². The normalized spacial score (nSPS) is 11.2. The quantitative estimate of drug-likeness (QED) is 0.435. The molecule has 0 amide bonds. The Balaban J connectivity index is 2.82. The molecule has 0 saturated carbocycles. The van der Waals surface area contributed by atoms with Crippen molar-refractivity contribution in [2.75, 3.05) is 18.5 Å². The zero-order valence-electron chi connectivity index (χ0n) is 12.2. The number of nitrogens with one attached hydrogen (secondary N) is 1. The highest BCUT2D eigenvalue weighted by molar-refractivity contribution is 5.64. The molecular weight excluding hydrogens is 260 g/mol. The fourth-order valence-corrected chi connectivity index (χ4v) is 1.55. The Morgan fingerprint density at radius 2 is 2.15 bits per heavy atom. The molecule has 0 bridgehead atoms. The minimum absolute atomic E-state index is 0.0525. The Labute approximate surface area is 118 Å². The molecule has 0 aliphatic rings. The van der Waals surface area contributed by atoms with Crippen LogP contribution in [0.25, 0.3) is 0 Å². The van der Waals surface area contributed by atoms with Gasteiger partial charge in [-0.15, -0.1) is 0 Å². The van der Waals surface area contributed by atoms with E-state index in [4.69, 9.17) is 4.74 Å². The van der Waals surface area contributed by atoms with Gasteiger partial charge in [0.15, 0.2) is 0 Å². The molecule has 112 valence electrons.